The van der Waals surface area contributed by atoms with E-state index < -0.39 is 0 Å². The highest BCUT2D eigenvalue weighted by molar-refractivity contribution is 4.78. The summed E-state index contributed by atoms with van der Waals surface area (Å²) >= 11 is 0. The Bertz CT molecular complexity index is 212. The maximum Gasteiger partial charge on any atom is 0.159 e. The molecule has 1 aliphatic heterocycles. The van der Waals surface area contributed by atoms with Gasteiger partial charge in [0.15, 0.2) is 6.29 Å². The molecule has 0 radical (unpaired) electrons. The largest absolute Gasteiger partial charge is 0.378 e. The minimum atomic E-state index is -0.0243. The molecule has 0 spiro atoms. The molecule has 100 valence electrons. The van der Waals surface area contributed by atoms with Crippen LogP contribution in [-0.2, 0) is 14.2 Å². The summed E-state index contributed by atoms with van der Waals surface area (Å²) in [4.78, 5) is 0. The molecule has 3 nitrogen and oxygen atoms in total. The fourth-order valence-electron chi connectivity index (χ4n) is 2.57. The molecule has 0 amide bonds. The van der Waals surface area contributed by atoms with Crippen molar-refractivity contribution in [2.45, 2.75) is 64.8 Å². The van der Waals surface area contributed by atoms with Crippen molar-refractivity contribution in [2.24, 2.45) is 5.41 Å². The van der Waals surface area contributed by atoms with Crippen molar-refractivity contribution < 1.29 is 14.2 Å². The van der Waals surface area contributed by atoms with Gasteiger partial charge in [-0.2, -0.15) is 0 Å². The number of hydrogen-bond donors (Lipinski definition) is 0. The topological polar surface area (TPSA) is 27.7 Å². The average molecular weight is 242 g/mol. The Morgan fingerprint density at radius 1 is 1.12 bits per heavy atom. The summed E-state index contributed by atoms with van der Waals surface area (Å²) in [6.07, 6.45) is 7.33. The first-order valence-electron chi connectivity index (χ1n) is 7.00. The maximum atomic E-state index is 5.92. The third-order valence-corrected chi connectivity index (χ3v) is 3.89. The second kappa shape index (κ2) is 6.17. The lowest BCUT2D eigenvalue weighted by Crippen LogP contribution is -2.29. The quantitative estimate of drug-likeness (QED) is 0.758. The number of hydrogen-bond acceptors (Lipinski definition) is 3. The summed E-state index contributed by atoms with van der Waals surface area (Å²) in [5.74, 6) is 0. The van der Waals surface area contributed by atoms with Crippen LogP contribution in [0.5, 0.6) is 0 Å². The molecule has 2 rings (SSSR count). The highest BCUT2D eigenvalue weighted by Crippen LogP contribution is 2.36. The zero-order valence-corrected chi connectivity index (χ0v) is 11.2. The SMILES string of the molecule is CC1(C)CCC(OCCC2OCCCO2)CC1. The molecule has 0 aromatic rings. The van der Waals surface area contributed by atoms with E-state index in [0.717, 1.165) is 32.7 Å². The van der Waals surface area contributed by atoms with Crippen molar-refractivity contribution in [3.8, 4) is 0 Å². The van der Waals surface area contributed by atoms with Crippen LogP contribution >= 0.6 is 0 Å². The van der Waals surface area contributed by atoms with Gasteiger partial charge >= 0.3 is 0 Å². The molecule has 1 aliphatic carbocycles. The van der Waals surface area contributed by atoms with Crippen LogP contribution in [0.2, 0.25) is 0 Å². The van der Waals surface area contributed by atoms with Crippen molar-refractivity contribution in [2.75, 3.05) is 19.8 Å². The highest BCUT2D eigenvalue weighted by atomic mass is 16.7. The predicted octanol–water partition coefficient (Wildman–Crippen LogP) is 3.12. The van der Waals surface area contributed by atoms with Crippen LogP contribution in [0.15, 0.2) is 0 Å². The molecule has 2 fully saturated rings. The van der Waals surface area contributed by atoms with E-state index in [1.165, 1.54) is 25.7 Å². The van der Waals surface area contributed by atoms with Gasteiger partial charge in [-0.3, -0.25) is 0 Å². The molecular weight excluding hydrogens is 216 g/mol. The van der Waals surface area contributed by atoms with Crippen LogP contribution in [-0.4, -0.2) is 32.2 Å². The highest BCUT2D eigenvalue weighted by Gasteiger charge is 2.27. The lowest BCUT2D eigenvalue weighted by molar-refractivity contribution is -0.188. The van der Waals surface area contributed by atoms with Crippen LogP contribution in [0.25, 0.3) is 0 Å². The first-order valence-corrected chi connectivity index (χ1v) is 7.00. The van der Waals surface area contributed by atoms with Gasteiger partial charge in [0.25, 0.3) is 0 Å². The molecule has 3 heteroatoms. The van der Waals surface area contributed by atoms with Gasteiger partial charge in [-0.1, -0.05) is 13.8 Å². The molecule has 0 unspecified atom stereocenters. The number of rotatable bonds is 4. The van der Waals surface area contributed by atoms with Crippen molar-refractivity contribution in [3.05, 3.63) is 0 Å². The summed E-state index contributed by atoms with van der Waals surface area (Å²) in [7, 11) is 0. The smallest absolute Gasteiger partial charge is 0.159 e. The molecule has 1 saturated heterocycles. The van der Waals surface area contributed by atoms with Crippen LogP contribution in [0.4, 0.5) is 0 Å². The van der Waals surface area contributed by atoms with Crippen molar-refractivity contribution in [1.29, 1.82) is 0 Å². The van der Waals surface area contributed by atoms with Crippen molar-refractivity contribution in [3.63, 3.8) is 0 Å². The standard InChI is InChI=1S/C14H26O3/c1-14(2)7-4-12(5-8-14)15-11-6-13-16-9-3-10-17-13/h12-13H,3-11H2,1-2H3. The molecule has 17 heavy (non-hydrogen) atoms. The zero-order chi connectivity index (χ0) is 12.1. The van der Waals surface area contributed by atoms with Crippen LogP contribution in [0, 0.1) is 5.41 Å². The van der Waals surface area contributed by atoms with E-state index >= 15 is 0 Å². The molecule has 0 N–H and O–H groups in total. The summed E-state index contributed by atoms with van der Waals surface area (Å²) in [6, 6.07) is 0. The molecule has 2 aliphatic rings. The van der Waals surface area contributed by atoms with Gasteiger partial charge in [-0.25, -0.2) is 0 Å². The Morgan fingerprint density at radius 3 is 2.41 bits per heavy atom. The normalized spacial score (nSPS) is 27.2. The van der Waals surface area contributed by atoms with Crippen LogP contribution in [0.1, 0.15) is 52.4 Å². The Morgan fingerprint density at radius 2 is 1.76 bits per heavy atom. The summed E-state index contributed by atoms with van der Waals surface area (Å²) < 4.78 is 16.9. The van der Waals surface area contributed by atoms with Gasteiger partial charge in [-0.05, 0) is 37.5 Å². The Hall–Kier alpha value is -0.120. The van der Waals surface area contributed by atoms with E-state index in [0.29, 0.717) is 11.5 Å². The van der Waals surface area contributed by atoms with E-state index in [1.54, 1.807) is 0 Å². The summed E-state index contributed by atoms with van der Waals surface area (Å²) in [5, 5.41) is 0. The molecule has 0 atom stereocenters. The summed E-state index contributed by atoms with van der Waals surface area (Å²) in [6.45, 7) is 7.15. The Kier molecular flexibility index (Phi) is 4.83. The minimum absolute atomic E-state index is 0.0243. The minimum Gasteiger partial charge on any atom is -0.378 e. The van der Waals surface area contributed by atoms with E-state index in [4.69, 9.17) is 14.2 Å². The molecule has 0 aromatic carbocycles. The van der Waals surface area contributed by atoms with Crippen molar-refractivity contribution >= 4 is 0 Å². The average Bonchev–Trinajstić information content (AvgIpc) is 2.33. The van der Waals surface area contributed by atoms with Gasteiger partial charge < -0.3 is 14.2 Å². The maximum absolute atomic E-state index is 5.92. The van der Waals surface area contributed by atoms with Crippen molar-refractivity contribution in [1.82, 2.24) is 0 Å². The van der Waals surface area contributed by atoms with E-state index in [9.17, 15) is 0 Å². The van der Waals surface area contributed by atoms with Gasteiger partial charge in [0.05, 0.1) is 25.9 Å². The lowest BCUT2D eigenvalue weighted by atomic mass is 9.76. The first-order chi connectivity index (χ1) is 8.16. The second-order valence-corrected chi connectivity index (χ2v) is 6.05. The van der Waals surface area contributed by atoms with Gasteiger partial charge in [-0.15, -0.1) is 0 Å². The Labute approximate surface area is 105 Å². The summed E-state index contributed by atoms with van der Waals surface area (Å²) in [5.41, 5.74) is 0.523. The van der Waals surface area contributed by atoms with Gasteiger partial charge in [0.2, 0.25) is 0 Å². The van der Waals surface area contributed by atoms with Gasteiger partial charge in [0, 0.05) is 6.42 Å². The fourth-order valence-corrected chi connectivity index (χ4v) is 2.57. The van der Waals surface area contributed by atoms with Gasteiger partial charge in [0.1, 0.15) is 0 Å². The molecular formula is C14H26O3. The molecule has 0 bridgehead atoms. The molecule has 0 aromatic heterocycles. The lowest BCUT2D eigenvalue weighted by Gasteiger charge is -2.34. The van der Waals surface area contributed by atoms with E-state index in [-0.39, 0.29) is 6.29 Å². The fraction of sp³-hybridized carbons (Fsp3) is 1.00. The molecule has 1 saturated carbocycles. The predicted molar refractivity (Wildman–Crippen MR) is 66.9 cm³/mol. The van der Waals surface area contributed by atoms with Crippen LogP contribution < -0.4 is 0 Å². The third-order valence-electron chi connectivity index (χ3n) is 3.89. The third kappa shape index (κ3) is 4.57. The number of ether oxygens (including phenoxy) is 3. The molecule has 1 heterocycles. The van der Waals surface area contributed by atoms with E-state index in [2.05, 4.69) is 13.8 Å². The Balaban J connectivity index is 1.56. The van der Waals surface area contributed by atoms with E-state index in [1.807, 2.05) is 0 Å². The van der Waals surface area contributed by atoms with Crippen LogP contribution in [0.3, 0.4) is 0 Å². The monoisotopic (exact) mass is 242 g/mol. The zero-order valence-electron chi connectivity index (χ0n) is 11.2. The first kappa shape index (κ1) is 13.3. The second-order valence-electron chi connectivity index (χ2n) is 6.05.